The molecule has 0 aliphatic carbocycles. The van der Waals surface area contributed by atoms with Crippen LogP contribution in [0.4, 0.5) is 5.69 Å². The first-order chi connectivity index (χ1) is 7.20. The van der Waals surface area contributed by atoms with E-state index in [1.807, 2.05) is 0 Å². The van der Waals surface area contributed by atoms with Gasteiger partial charge in [0.25, 0.3) is 0 Å². The van der Waals surface area contributed by atoms with Crippen LogP contribution in [-0.4, -0.2) is 26.4 Å². The van der Waals surface area contributed by atoms with Gasteiger partial charge >= 0.3 is 0 Å². The van der Waals surface area contributed by atoms with Crippen molar-refractivity contribution < 1.29 is 14.2 Å². The van der Waals surface area contributed by atoms with Crippen LogP contribution >= 0.6 is 11.6 Å². The lowest BCUT2D eigenvalue weighted by Gasteiger charge is -2.26. The fourth-order valence-electron chi connectivity index (χ4n) is 1.42. The first-order valence-corrected chi connectivity index (χ1v) is 4.96. The molecule has 0 saturated heterocycles. The van der Waals surface area contributed by atoms with Crippen molar-refractivity contribution in [3.05, 3.63) is 17.2 Å². The number of hydrogen-bond donors (Lipinski definition) is 1. The summed E-state index contributed by atoms with van der Waals surface area (Å²) < 4.78 is 16.1. The van der Waals surface area contributed by atoms with Gasteiger partial charge in [-0.25, -0.2) is 0 Å². The second kappa shape index (κ2) is 4.16. The summed E-state index contributed by atoms with van der Waals surface area (Å²) in [6.07, 6.45) is -0.0952. The number of nitrogens with two attached hydrogens (primary N) is 1. The number of rotatable bonds is 2. The van der Waals surface area contributed by atoms with Crippen LogP contribution < -0.4 is 15.2 Å². The van der Waals surface area contributed by atoms with Crippen molar-refractivity contribution in [2.75, 3.05) is 26.1 Å². The van der Waals surface area contributed by atoms with E-state index in [-0.39, 0.29) is 6.10 Å². The van der Waals surface area contributed by atoms with Crippen molar-refractivity contribution >= 4 is 17.3 Å². The summed E-state index contributed by atoms with van der Waals surface area (Å²) in [5, 5.41) is 0.468. The predicted molar refractivity (Wildman–Crippen MR) is 57.7 cm³/mol. The Kier molecular flexibility index (Phi) is 2.88. The lowest BCUT2D eigenvalue weighted by Crippen LogP contribution is -2.33. The molecule has 0 aromatic heterocycles. The maximum atomic E-state index is 5.88. The number of benzene rings is 1. The van der Waals surface area contributed by atoms with Crippen LogP contribution in [0.15, 0.2) is 12.1 Å². The highest BCUT2D eigenvalue weighted by Crippen LogP contribution is 2.37. The van der Waals surface area contributed by atoms with Gasteiger partial charge in [-0.1, -0.05) is 11.6 Å². The Morgan fingerprint density at radius 2 is 2.33 bits per heavy atom. The second-order valence-electron chi connectivity index (χ2n) is 3.33. The fraction of sp³-hybridized carbons (Fsp3) is 0.400. The number of anilines is 1. The summed E-state index contributed by atoms with van der Waals surface area (Å²) in [4.78, 5) is 0. The molecule has 1 aliphatic rings. The van der Waals surface area contributed by atoms with E-state index in [0.717, 1.165) is 0 Å². The van der Waals surface area contributed by atoms with E-state index in [1.54, 1.807) is 19.2 Å². The van der Waals surface area contributed by atoms with E-state index < -0.39 is 0 Å². The minimum absolute atomic E-state index is 0.0952. The van der Waals surface area contributed by atoms with Crippen molar-refractivity contribution in [2.45, 2.75) is 6.10 Å². The molecule has 1 atom stereocenters. The molecule has 0 saturated carbocycles. The standard InChI is InChI=1S/C10H12ClNO3/c1-13-4-6-5-14-9-3-8(12)7(11)2-10(9)15-6/h2-3,6H,4-5,12H2,1H3. The summed E-state index contributed by atoms with van der Waals surface area (Å²) >= 11 is 5.88. The summed E-state index contributed by atoms with van der Waals surface area (Å²) in [5.41, 5.74) is 6.14. The van der Waals surface area contributed by atoms with Crippen LogP contribution in [0.3, 0.4) is 0 Å². The van der Waals surface area contributed by atoms with Crippen molar-refractivity contribution in [3.8, 4) is 11.5 Å². The number of hydrogen-bond acceptors (Lipinski definition) is 4. The van der Waals surface area contributed by atoms with Gasteiger partial charge in [0, 0.05) is 19.2 Å². The molecule has 15 heavy (non-hydrogen) atoms. The Hall–Kier alpha value is -1.13. The Morgan fingerprint density at radius 3 is 3.07 bits per heavy atom. The molecule has 1 aromatic carbocycles. The molecule has 0 amide bonds. The highest BCUT2D eigenvalue weighted by atomic mass is 35.5. The minimum atomic E-state index is -0.0952. The first kappa shape index (κ1) is 10.4. The van der Waals surface area contributed by atoms with Gasteiger partial charge in [0.15, 0.2) is 17.6 Å². The molecular weight excluding hydrogens is 218 g/mol. The number of nitrogen functional groups attached to an aromatic ring is 1. The van der Waals surface area contributed by atoms with Gasteiger partial charge in [0.1, 0.15) is 6.61 Å². The molecule has 0 fully saturated rings. The predicted octanol–water partition coefficient (Wildman–Crippen LogP) is 1.71. The molecule has 2 rings (SSSR count). The largest absolute Gasteiger partial charge is 0.486 e. The minimum Gasteiger partial charge on any atom is -0.486 e. The van der Waals surface area contributed by atoms with E-state index in [0.29, 0.717) is 35.4 Å². The zero-order chi connectivity index (χ0) is 10.8. The van der Waals surface area contributed by atoms with Gasteiger partial charge in [0.2, 0.25) is 0 Å². The Labute approximate surface area is 92.9 Å². The van der Waals surface area contributed by atoms with Crippen molar-refractivity contribution in [2.24, 2.45) is 0 Å². The fourth-order valence-corrected chi connectivity index (χ4v) is 1.57. The smallest absolute Gasteiger partial charge is 0.163 e. The molecule has 1 aliphatic heterocycles. The average molecular weight is 230 g/mol. The molecule has 1 aromatic rings. The van der Waals surface area contributed by atoms with E-state index >= 15 is 0 Å². The first-order valence-electron chi connectivity index (χ1n) is 4.58. The molecule has 0 spiro atoms. The van der Waals surface area contributed by atoms with Gasteiger partial charge in [-0.05, 0) is 0 Å². The van der Waals surface area contributed by atoms with Gasteiger partial charge < -0.3 is 19.9 Å². The number of halogens is 1. The van der Waals surface area contributed by atoms with Crippen molar-refractivity contribution in [1.82, 2.24) is 0 Å². The average Bonchev–Trinajstić information content (AvgIpc) is 2.21. The lowest BCUT2D eigenvalue weighted by atomic mass is 10.2. The van der Waals surface area contributed by atoms with Crippen LogP contribution in [0.25, 0.3) is 0 Å². The Balaban J connectivity index is 2.22. The third-order valence-electron chi connectivity index (χ3n) is 2.13. The number of methoxy groups -OCH3 is 1. The van der Waals surface area contributed by atoms with E-state index in [9.17, 15) is 0 Å². The Morgan fingerprint density at radius 1 is 1.53 bits per heavy atom. The highest BCUT2D eigenvalue weighted by Gasteiger charge is 2.21. The van der Waals surface area contributed by atoms with Crippen LogP contribution in [-0.2, 0) is 4.74 Å². The summed E-state index contributed by atoms with van der Waals surface area (Å²) in [6, 6.07) is 3.33. The molecule has 4 nitrogen and oxygen atoms in total. The number of fused-ring (bicyclic) bond motifs is 1. The van der Waals surface area contributed by atoms with Crippen LogP contribution in [0.5, 0.6) is 11.5 Å². The molecule has 82 valence electrons. The summed E-state index contributed by atoms with van der Waals surface area (Å²) in [7, 11) is 1.62. The quantitative estimate of drug-likeness (QED) is 0.785. The number of ether oxygens (including phenoxy) is 3. The topological polar surface area (TPSA) is 53.7 Å². The zero-order valence-corrected chi connectivity index (χ0v) is 9.08. The Bertz CT molecular complexity index is 370. The van der Waals surface area contributed by atoms with Gasteiger partial charge in [-0.2, -0.15) is 0 Å². The molecular formula is C10H12ClNO3. The zero-order valence-electron chi connectivity index (χ0n) is 8.33. The molecule has 5 heteroatoms. The van der Waals surface area contributed by atoms with Crippen molar-refractivity contribution in [3.63, 3.8) is 0 Å². The molecule has 0 bridgehead atoms. The highest BCUT2D eigenvalue weighted by molar-refractivity contribution is 6.33. The van der Waals surface area contributed by atoms with Crippen molar-refractivity contribution in [1.29, 1.82) is 0 Å². The second-order valence-corrected chi connectivity index (χ2v) is 3.73. The summed E-state index contributed by atoms with van der Waals surface area (Å²) in [6.45, 7) is 0.948. The van der Waals surface area contributed by atoms with E-state index in [2.05, 4.69) is 0 Å². The van der Waals surface area contributed by atoms with E-state index in [4.69, 9.17) is 31.5 Å². The third kappa shape index (κ3) is 2.11. The monoisotopic (exact) mass is 229 g/mol. The van der Waals surface area contributed by atoms with Gasteiger partial charge in [-0.15, -0.1) is 0 Å². The summed E-state index contributed by atoms with van der Waals surface area (Å²) in [5.74, 6) is 1.24. The van der Waals surface area contributed by atoms with Gasteiger partial charge in [0.05, 0.1) is 17.3 Å². The molecule has 1 unspecified atom stereocenters. The molecule has 0 radical (unpaired) electrons. The maximum absolute atomic E-state index is 5.88. The van der Waals surface area contributed by atoms with Gasteiger partial charge in [-0.3, -0.25) is 0 Å². The molecule has 2 N–H and O–H groups in total. The van der Waals surface area contributed by atoms with Crippen LogP contribution in [0.1, 0.15) is 0 Å². The molecule has 1 heterocycles. The van der Waals surface area contributed by atoms with Crippen LogP contribution in [0.2, 0.25) is 5.02 Å². The SMILES string of the molecule is COCC1COc2cc(N)c(Cl)cc2O1. The lowest BCUT2D eigenvalue weighted by molar-refractivity contribution is 0.0273. The van der Waals surface area contributed by atoms with E-state index in [1.165, 1.54) is 0 Å². The normalized spacial score (nSPS) is 18.9. The third-order valence-corrected chi connectivity index (χ3v) is 2.46. The maximum Gasteiger partial charge on any atom is 0.163 e. The van der Waals surface area contributed by atoms with Crippen LogP contribution in [0, 0.1) is 0 Å².